The smallest absolute Gasteiger partial charge is 0.138 e. The highest BCUT2D eigenvalue weighted by atomic mass is 35.5. The molecule has 0 bridgehead atoms. The van der Waals surface area contributed by atoms with Crippen molar-refractivity contribution in [3.8, 4) is 16.7 Å². The van der Waals surface area contributed by atoms with Crippen molar-refractivity contribution in [3.63, 3.8) is 0 Å². The van der Waals surface area contributed by atoms with Gasteiger partial charge in [0, 0.05) is 22.2 Å². The van der Waals surface area contributed by atoms with Crippen LogP contribution in [-0.4, -0.2) is 9.97 Å². The van der Waals surface area contributed by atoms with Crippen molar-refractivity contribution in [2.75, 3.05) is 5.32 Å². The third-order valence-electron chi connectivity index (χ3n) is 3.48. The monoisotopic (exact) mass is 368 g/mol. The molecule has 0 radical (unpaired) electrons. The first-order valence-corrected chi connectivity index (χ1v) is 8.31. The number of thiocyanates is 1. The summed E-state index contributed by atoms with van der Waals surface area (Å²) in [7, 11) is 0. The van der Waals surface area contributed by atoms with Gasteiger partial charge in [0.2, 0.25) is 0 Å². The van der Waals surface area contributed by atoms with Crippen LogP contribution >= 0.6 is 24.2 Å². The second-order valence-corrected chi connectivity index (χ2v) is 6.25. The number of hydrogen-bond donors (Lipinski definition) is 1. The zero-order valence-corrected chi connectivity index (χ0v) is 15.5. The molecular weight excluding hydrogens is 352 g/mol. The molecule has 1 aromatic heterocycles. The van der Waals surface area contributed by atoms with Gasteiger partial charge >= 0.3 is 0 Å². The van der Waals surface area contributed by atoms with Crippen LogP contribution in [0.25, 0.3) is 11.3 Å². The number of thioether (sulfide) groups is 1. The molecule has 0 unspecified atom stereocenters. The van der Waals surface area contributed by atoms with Crippen molar-refractivity contribution in [2.45, 2.75) is 18.7 Å². The molecule has 1 N–H and O–H groups in total. The second-order valence-electron chi connectivity index (χ2n) is 5.39. The van der Waals surface area contributed by atoms with Gasteiger partial charge in [-0.1, -0.05) is 29.8 Å². The molecule has 3 aromatic rings. The fourth-order valence-corrected chi connectivity index (χ4v) is 2.69. The molecule has 0 saturated heterocycles. The van der Waals surface area contributed by atoms with Gasteiger partial charge in [0.25, 0.3) is 0 Å². The summed E-state index contributed by atoms with van der Waals surface area (Å²) in [5.74, 6) is 1.46. The molecule has 126 valence electrons. The van der Waals surface area contributed by atoms with Crippen molar-refractivity contribution >= 4 is 35.7 Å². The van der Waals surface area contributed by atoms with E-state index in [-0.39, 0.29) is 12.4 Å². The lowest BCUT2D eigenvalue weighted by atomic mass is 10.1. The Labute approximate surface area is 157 Å². The molecule has 0 aliphatic heterocycles. The Bertz CT molecular complexity index is 887. The fourth-order valence-electron chi connectivity index (χ4n) is 2.31. The lowest BCUT2D eigenvalue weighted by molar-refractivity contribution is 1.06. The molecule has 0 spiro atoms. The summed E-state index contributed by atoms with van der Waals surface area (Å²) >= 11 is 1.15. The van der Waals surface area contributed by atoms with E-state index in [1.165, 1.54) is 5.56 Å². The zero-order valence-electron chi connectivity index (χ0n) is 13.9. The summed E-state index contributed by atoms with van der Waals surface area (Å²) in [5, 5.41) is 14.0. The van der Waals surface area contributed by atoms with Gasteiger partial charge < -0.3 is 5.32 Å². The standard InChI is InChI=1S/C19H16N4S.ClH/c1-13-3-5-15(6-4-13)18-11-19(22-14(2)21-18)23-16-7-9-17(10-8-16)24-12-20;/h3-11H,1-2H3,(H,21,22,23);1H. The minimum Gasteiger partial charge on any atom is -0.340 e. The normalized spacial score (nSPS) is 9.80. The predicted molar refractivity (Wildman–Crippen MR) is 105 cm³/mol. The number of nitrogens with one attached hydrogen (secondary N) is 1. The molecule has 0 amide bonds. The summed E-state index contributed by atoms with van der Waals surface area (Å²) in [6.07, 6.45) is 0. The third-order valence-corrected chi connectivity index (χ3v) is 4.07. The van der Waals surface area contributed by atoms with Crippen molar-refractivity contribution in [1.29, 1.82) is 5.26 Å². The summed E-state index contributed by atoms with van der Waals surface area (Å²) in [6, 6.07) is 17.9. The SMILES string of the molecule is Cc1ccc(-c2cc(Nc3ccc(SC#N)cc3)nc(C)n2)cc1.Cl. The van der Waals surface area contributed by atoms with Crippen LogP contribution in [0.1, 0.15) is 11.4 Å². The number of nitriles is 1. The van der Waals surface area contributed by atoms with E-state index in [0.717, 1.165) is 39.4 Å². The molecule has 0 aliphatic rings. The van der Waals surface area contributed by atoms with Gasteiger partial charge in [-0.05, 0) is 49.9 Å². The Kier molecular flexibility index (Phi) is 6.40. The highest BCUT2D eigenvalue weighted by Gasteiger charge is 2.05. The summed E-state index contributed by atoms with van der Waals surface area (Å²) in [6.45, 7) is 3.95. The number of rotatable bonds is 4. The van der Waals surface area contributed by atoms with E-state index in [2.05, 4.69) is 51.9 Å². The third kappa shape index (κ3) is 4.96. The Hall–Kier alpha value is -2.55. The van der Waals surface area contributed by atoms with Crippen molar-refractivity contribution in [1.82, 2.24) is 9.97 Å². The highest BCUT2D eigenvalue weighted by Crippen LogP contribution is 2.24. The van der Waals surface area contributed by atoms with E-state index < -0.39 is 0 Å². The number of halogens is 1. The number of aryl methyl sites for hydroxylation is 2. The first-order chi connectivity index (χ1) is 11.6. The van der Waals surface area contributed by atoms with E-state index in [0.29, 0.717) is 5.82 Å². The van der Waals surface area contributed by atoms with Gasteiger partial charge in [-0.25, -0.2) is 9.97 Å². The lowest BCUT2D eigenvalue weighted by Gasteiger charge is -2.09. The van der Waals surface area contributed by atoms with Crippen LogP contribution in [0.15, 0.2) is 59.5 Å². The van der Waals surface area contributed by atoms with E-state index in [4.69, 9.17) is 5.26 Å². The maximum atomic E-state index is 8.69. The summed E-state index contributed by atoms with van der Waals surface area (Å²) < 4.78 is 0. The van der Waals surface area contributed by atoms with Crippen LogP contribution in [0, 0.1) is 24.5 Å². The molecule has 1 heterocycles. The summed E-state index contributed by atoms with van der Waals surface area (Å²) in [4.78, 5) is 9.89. The Balaban J connectivity index is 0.00000225. The Morgan fingerprint density at radius 3 is 2.28 bits per heavy atom. The van der Waals surface area contributed by atoms with Crippen LogP contribution in [0.5, 0.6) is 0 Å². The van der Waals surface area contributed by atoms with E-state index in [1.54, 1.807) is 0 Å². The van der Waals surface area contributed by atoms with Gasteiger partial charge in [-0.2, -0.15) is 5.26 Å². The van der Waals surface area contributed by atoms with Crippen molar-refractivity contribution < 1.29 is 0 Å². The minimum atomic E-state index is 0. The molecule has 0 fully saturated rings. The lowest BCUT2D eigenvalue weighted by Crippen LogP contribution is -1.99. The molecule has 0 aliphatic carbocycles. The second kappa shape index (κ2) is 8.52. The molecule has 2 aromatic carbocycles. The van der Waals surface area contributed by atoms with Gasteiger partial charge in [0.05, 0.1) is 5.69 Å². The molecular formula is C19H17ClN4S. The largest absolute Gasteiger partial charge is 0.340 e. The Morgan fingerprint density at radius 1 is 0.960 bits per heavy atom. The number of benzene rings is 2. The number of nitrogens with zero attached hydrogens (tertiary/aromatic N) is 3. The van der Waals surface area contributed by atoms with Crippen LogP contribution in [-0.2, 0) is 0 Å². The topological polar surface area (TPSA) is 61.6 Å². The highest BCUT2D eigenvalue weighted by molar-refractivity contribution is 8.03. The first-order valence-electron chi connectivity index (χ1n) is 7.50. The van der Waals surface area contributed by atoms with Gasteiger partial charge in [-0.3, -0.25) is 0 Å². The number of hydrogen-bond acceptors (Lipinski definition) is 5. The fraction of sp³-hybridized carbons (Fsp3) is 0.105. The average Bonchev–Trinajstić information content (AvgIpc) is 2.57. The molecule has 0 saturated carbocycles. The van der Waals surface area contributed by atoms with Crippen LogP contribution < -0.4 is 5.32 Å². The maximum absolute atomic E-state index is 8.69. The van der Waals surface area contributed by atoms with Gasteiger partial charge in [-0.15, -0.1) is 12.4 Å². The van der Waals surface area contributed by atoms with Crippen LogP contribution in [0.3, 0.4) is 0 Å². The van der Waals surface area contributed by atoms with Crippen molar-refractivity contribution in [2.24, 2.45) is 0 Å². The van der Waals surface area contributed by atoms with Gasteiger partial charge in [0.15, 0.2) is 0 Å². The predicted octanol–water partition coefficient (Wildman–Crippen LogP) is 5.50. The number of aromatic nitrogens is 2. The molecule has 25 heavy (non-hydrogen) atoms. The maximum Gasteiger partial charge on any atom is 0.138 e. The molecule has 6 heteroatoms. The quantitative estimate of drug-likeness (QED) is 0.486. The zero-order chi connectivity index (χ0) is 16.9. The first kappa shape index (κ1) is 18.8. The number of anilines is 2. The van der Waals surface area contributed by atoms with E-state index >= 15 is 0 Å². The molecule has 0 atom stereocenters. The molecule has 3 rings (SSSR count). The average molecular weight is 369 g/mol. The van der Waals surface area contributed by atoms with Gasteiger partial charge in [0.1, 0.15) is 17.0 Å². The van der Waals surface area contributed by atoms with E-state index in [1.807, 2.05) is 37.3 Å². The molecule has 4 nitrogen and oxygen atoms in total. The van der Waals surface area contributed by atoms with Crippen LogP contribution in [0.2, 0.25) is 0 Å². The minimum absolute atomic E-state index is 0. The van der Waals surface area contributed by atoms with E-state index in [9.17, 15) is 0 Å². The summed E-state index contributed by atoms with van der Waals surface area (Å²) in [5.41, 5.74) is 4.10. The van der Waals surface area contributed by atoms with Crippen molar-refractivity contribution in [3.05, 3.63) is 66.0 Å². The Morgan fingerprint density at radius 2 is 1.64 bits per heavy atom. The van der Waals surface area contributed by atoms with Crippen LogP contribution in [0.4, 0.5) is 11.5 Å².